The van der Waals surface area contributed by atoms with Gasteiger partial charge >= 0.3 is 12.1 Å². The van der Waals surface area contributed by atoms with Crippen LogP contribution in [0, 0.1) is 24.6 Å². The average Bonchev–Trinajstić information content (AvgIpc) is 3.68. The van der Waals surface area contributed by atoms with Gasteiger partial charge in [0.25, 0.3) is 0 Å². The highest BCUT2D eigenvalue weighted by molar-refractivity contribution is 7.22. The summed E-state index contributed by atoms with van der Waals surface area (Å²) in [5.74, 6) is 4.70. The number of halogens is 1. The molecule has 4 aromatic heterocycles. The van der Waals surface area contributed by atoms with Gasteiger partial charge in [-0.15, -0.1) is 21.5 Å². The molecule has 4 heterocycles. The number of pyridine rings is 1. The Hall–Kier alpha value is -5.40. The molecule has 0 saturated heterocycles. The molecule has 0 aliphatic rings. The number of hydrogen-bond donors (Lipinski definition) is 2. The van der Waals surface area contributed by atoms with Gasteiger partial charge in [0.2, 0.25) is 0 Å². The number of carbonyl (C=O) groups is 2. The normalized spacial score (nSPS) is 11.1. The minimum Gasteiger partial charge on any atom is -0.489 e. The molecule has 0 atom stereocenters. The molecule has 16 heteroatoms. The van der Waals surface area contributed by atoms with Crippen molar-refractivity contribution in [3.05, 3.63) is 70.2 Å². The molecule has 0 fully saturated rings. The van der Waals surface area contributed by atoms with Crippen molar-refractivity contribution in [1.29, 1.82) is 0 Å². The fraction of sp³-hybridized carbons (Fsp3) is 0.324. The van der Waals surface area contributed by atoms with Crippen LogP contribution in [0.25, 0.3) is 10.2 Å². The zero-order chi connectivity index (χ0) is 36.0. The topological polar surface area (TPSA) is 156 Å². The molecule has 0 spiro atoms. The third kappa shape index (κ3) is 9.18. The predicted molar refractivity (Wildman–Crippen MR) is 191 cm³/mol. The van der Waals surface area contributed by atoms with E-state index in [2.05, 4.69) is 42.3 Å². The number of nitrogens with zero attached hydrogens (tertiary/aromatic N) is 7. The number of ether oxygens (including phenoxy) is 2. The molecule has 1 aromatic carbocycles. The average molecular weight is 719 g/mol. The zero-order valence-corrected chi connectivity index (χ0v) is 29.9. The molecule has 260 valence electrons. The number of rotatable bonds is 11. The van der Waals surface area contributed by atoms with Crippen molar-refractivity contribution in [2.75, 3.05) is 37.5 Å². The standard InChI is InChI=1S/C34H35FN8O5S2/c1-20-17-27(40-41-29(20)39-31-37-23-12-7-8-13-25(23)49-31)43(6)32-38-28(30(44)45)26(50-32)14-10-16-47-24-19-36-21(18-22(24)35)11-9-15-42(5)33(46)48-34(2,3)4/h7-8,12-13,17-19H,10,14-16H2,1-6H3,(H,44,45)(H,37,39,41). The van der Waals surface area contributed by atoms with Crippen LogP contribution in [-0.2, 0) is 11.2 Å². The van der Waals surface area contributed by atoms with Crippen LogP contribution in [0.3, 0.4) is 0 Å². The maximum absolute atomic E-state index is 14.7. The van der Waals surface area contributed by atoms with E-state index < -0.39 is 23.5 Å². The van der Waals surface area contributed by atoms with Crippen molar-refractivity contribution in [2.45, 2.75) is 46.1 Å². The Kier molecular flexibility index (Phi) is 11.1. The summed E-state index contributed by atoms with van der Waals surface area (Å²) in [5, 5.41) is 22.9. The first-order chi connectivity index (χ1) is 23.8. The summed E-state index contributed by atoms with van der Waals surface area (Å²) < 4.78 is 26.6. The van der Waals surface area contributed by atoms with Gasteiger partial charge in [0.15, 0.2) is 39.2 Å². The van der Waals surface area contributed by atoms with Crippen LogP contribution in [0.4, 0.5) is 31.1 Å². The number of nitrogens with one attached hydrogen (secondary N) is 1. The summed E-state index contributed by atoms with van der Waals surface area (Å²) in [7, 11) is 3.29. The van der Waals surface area contributed by atoms with Gasteiger partial charge in [-0.25, -0.2) is 28.9 Å². The second kappa shape index (κ2) is 15.4. The number of anilines is 4. The molecule has 13 nitrogen and oxygen atoms in total. The van der Waals surface area contributed by atoms with Crippen molar-refractivity contribution in [2.24, 2.45) is 0 Å². The molecule has 0 saturated carbocycles. The van der Waals surface area contributed by atoms with Crippen molar-refractivity contribution in [3.8, 4) is 17.6 Å². The molecule has 1 amide bonds. The van der Waals surface area contributed by atoms with Gasteiger partial charge in [0, 0.05) is 25.0 Å². The Morgan fingerprint density at radius 1 is 1.10 bits per heavy atom. The summed E-state index contributed by atoms with van der Waals surface area (Å²) in [6.45, 7) is 7.39. The lowest BCUT2D eigenvalue weighted by Gasteiger charge is -2.23. The second-order valence-electron chi connectivity index (χ2n) is 12.1. The minimum absolute atomic E-state index is 0.0559. The molecule has 0 bridgehead atoms. The number of amides is 1. The maximum atomic E-state index is 14.7. The van der Waals surface area contributed by atoms with E-state index in [0.29, 0.717) is 39.6 Å². The fourth-order valence-electron chi connectivity index (χ4n) is 4.36. The number of carboxylic acids is 1. The van der Waals surface area contributed by atoms with E-state index >= 15 is 0 Å². The van der Waals surface area contributed by atoms with Crippen LogP contribution in [0.15, 0.2) is 42.6 Å². The molecule has 0 aliphatic heterocycles. The first-order valence-electron chi connectivity index (χ1n) is 15.4. The Morgan fingerprint density at radius 3 is 2.58 bits per heavy atom. The monoisotopic (exact) mass is 718 g/mol. The van der Waals surface area contributed by atoms with E-state index in [1.807, 2.05) is 37.3 Å². The summed E-state index contributed by atoms with van der Waals surface area (Å²) in [5.41, 5.74) is 1.20. The van der Waals surface area contributed by atoms with Crippen molar-refractivity contribution in [1.82, 2.24) is 30.0 Å². The number of aryl methyl sites for hydroxylation is 2. The number of para-hydroxylation sites is 1. The van der Waals surface area contributed by atoms with Gasteiger partial charge in [-0.3, -0.25) is 0 Å². The van der Waals surface area contributed by atoms with Gasteiger partial charge < -0.3 is 29.7 Å². The largest absolute Gasteiger partial charge is 0.489 e. The summed E-state index contributed by atoms with van der Waals surface area (Å²) in [6, 6.07) is 10.8. The lowest BCUT2D eigenvalue weighted by Crippen LogP contribution is -2.34. The van der Waals surface area contributed by atoms with E-state index in [1.54, 1.807) is 39.8 Å². The SMILES string of the molecule is Cc1cc(N(C)c2nc(C(=O)O)c(CCCOc3cnc(C#CCN(C)C(=O)OC(C)(C)C)cc3F)s2)nnc1Nc1nc2ccccc2s1. The highest BCUT2D eigenvalue weighted by Gasteiger charge is 2.22. The van der Waals surface area contributed by atoms with Crippen LogP contribution in [0.5, 0.6) is 5.75 Å². The molecule has 0 unspecified atom stereocenters. The van der Waals surface area contributed by atoms with E-state index in [0.717, 1.165) is 21.8 Å². The highest BCUT2D eigenvalue weighted by atomic mass is 32.1. The van der Waals surface area contributed by atoms with Crippen LogP contribution < -0.4 is 15.0 Å². The molecule has 0 radical (unpaired) electrons. The molecule has 5 aromatic rings. The minimum atomic E-state index is -1.15. The van der Waals surface area contributed by atoms with Crippen LogP contribution in [-0.4, -0.2) is 80.1 Å². The van der Waals surface area contributed by atoms with Gasteiger partial charge in [-0.2, -0.15) is 0 Å². The maximum Gasteiger partial charge on any atom is 0.410 e. The molecule has 2 N–H and O–H groups in total. The Bertz CT molecular complexity index is 2050. The molecule has 5 rings (SSSR count). The lowest BCUT2D eigenvalue weighted by atomic mass is 10.2. The van der Waals surface area contributed by atoms with E-state index in [-0.39, 0.29) is 30.3 Å². The van der Waals surface area contributed by atoms with Crippen LogP contribution >= 0.6 is 22.7 Å². The van der Waals surface area contributed by atoms with Crippen LogP contribution in [0.1, 0.15) is 53.8 Å². The quantitative estimate of drug-likeness (QED) is 0.109. The Labute approximate surface area is 296 Å². The summed E-state index contributed by atoms with van der Waals surface area (Å²) >= 11 is 2.74. The highest BCUT2D eigenvalue weighted by Crippen LogP contribution is 2.33. The fourth-order valence-corrected chi connectivity index (χ4v) is 6.29. The second-order valence-corrected chi connectivity index (χ2v) is 14.2. The van der Waals surface area contributed by atoms with Crippen molar-refractivity contribution in [3.63, 3.8) is 0 Å². The van der Waals surface area contributed by atoms with Crippen LogP contribution in [0.2, 0.25) is 0 Å². The van der Waals surface area contributed by atoms with E-state index in [9.17, 15) is 19.1 Å². The smallest absolute Gasteiger partial charge is 0.410 e. The molecular formula is C34H35FN8O5S2. The number of hydrogen-bond acceptors (Lipinski definition) is 13. The number of aromatic carboxylic acids is 1. The first-order valence-corrected chi connectivity index (χ1v) is 17.1. The van der Waals surface area contributed by atoms with E-state index in [4.69, 9.17) is 9.47 Å². The number of benzene rings is 1. The van der Waals surface area contributed by atoms with Crippen molar-refractivity contribution >= 4 is 66.9 Å². The first kappa shape index (κ1) is 35.9. The Balaban J connectivity index is 1.16. The number of aromatic nitrogens is 5. The number of carboxylic acid groups (broad SMARTS) is 1. The molecular weight excluding hydrogens is 684 g/mol. The van der Waals surface area contributed by atoms with Gasteiger partial charge in [0.05, 0.1) is 29.6 Å². The van der Waals surface area contributed by atoms with Gasteiger partial charge in [-0.1, -0.05) is 29.4 Å². The number of fused-ring (bicyclic) bond motifs is 1. The van der Waals surface area contributed by atoms with Gasteiger partial charge in [0.1, 0.15) is 11.3 Å². The van der Waals surface area contributed by atoms with E-state index in [1.165, 1.54) is 33.8 Å². The van der Waals surface area contributed by atoms with Gasteiger partial charge in [-0.05, 0) is 70.2 Å². The predicted octanol–water partition coefficient (Wildman–Crippen LogP) is 6.83. The zero-order valence-electron chi connectivity index (χ0n) is 28.3. The number of thiazole rings is 2. The molecule has 0 aliphatic carbocycles. The van der Waals surface area contributed by atoms with Crippen molar-refractivity contribution < 1.29 is 28.6 Å². The molecule has 50 heavy (non-hydrogen) atoms. The number of carbonyl (C=O) groups excluding carboxylic acids is 1. The summed E-state index contributed by atoms with van der Waals surface area (Å²) in [4.78, 5) is 40.7. The Morgan fingerprint density at radius 2 is 1.88 bits per heavy atom. The third-order valence-electron chi connectivity index (χ3n) is 6.87. The summed E-state index contributed by atoms with van der Waals surface area (Å²) in [6.07, 6.45) is 1.46. The lowest BCUT2D eigenvalue weighted by molar-refractivity contribution is 0.0320. The third-order valence-corrected chi connectivity index (χ3v) is 9.02.